The third kappa shape index (κ3) is 4.57. The van der Waals surface area contributed by atoms with Gasteiger partial charge in [-0.25, -0.2) is 0 Å². The second-order valence-corrected chi connectivity index (χ2v) is 7.28. The molecule has 0 N–H and O–H groups in total. The Morgan fingerprint density at radius 3 is 2.38 bits per heavy atom. The molecule has 0 amide bonds. The molecule has 0 aliphatic carbocycles. The largest absolute Gasteiger partial charge is 0.469 e. The molecule has 5 heteroatoms. The van der Waals surface area contributed by atoms with Crippen LogP contribution in [0.3, 0.4) is 0 Å². The smallest absolute Gasteiger partial charge is 0.311 e. The van der Waals surface area contributed by atoms with Crippen molar-refractivity contribution >= 4 is 11.8 Å². The quantitative estimate of drug-likeness (QED) is 0.631. The van der Waals surface area contributed by atoms with Gasteiger partial charge in [0.2, 0.25) is 0 Å². The molecule has 0 spiro atoms. The Hall–Kier alpha value is -0.940. The lowest BCUT2D eigenvalue weighted by Gasteiger charge is -2.48. The summed E-state index contributed by atoms with van der Waals surface area (Å²) in [5.41, 5.74) is 0. The fourth-order valence-electron chi connectivity index (χ4n) is 3.83. The minimum absolute atomic E-state index is 0.00587. The molecule has 0 aromatic carbocycles. The normalized spacial score (nSPS) is 32.9. The van der Waals surface area contributed by atoms with Gasteiger partial charge in [0.25, 0.3) is 0 Å². The van der Waals surface area contributed by atoms with Crippen molar-refractivity contribution in [2.24, 2.45) is 23.7 Å². The molecule has 1 rings (SSSR count). The van der Waals surface area contributed by atoms with Crippen LogP contribution in [0.15, 0.2) is 0 Å². The fourth-order valence-corrected chi connectivity index (χ4v) is 3.83. The molecule has 140 valence electrons. The highest BCUT2D eigenvalue weighted by atomic mass is 16.7. The molecular weight excluding hydrogens is 308 g/mol. The van der Waals surface area contributed by atoms with E-state index in [1.54, 1.807) is 7.11 Å². The second kappa shape index (κ2) is 8.95. The summed E-state index contributed by atoms with van der Waals surface area (Å²) in [6, 6.07) is 0. The third-order valence-electron chi connectivity index (χ3n) is 5.61. The number of carbonyl (C=O) groups is 2. The number of esters is 1. The number of hydrogen-bond donors (Lipinski definition) is 0. The Kier molecular flexibility index (Phi) is 7.87. The summed E-state index contributed by atoms with van der Waals surface area (Å²) in [6.07, 6.45) is 2.59. The average molecular weight is 342 g/mol. The van der Waals surface area contributed by atoms with Crippen LogP contribution in [0.4, 0.5) is 0 Å². The van der Waals surface area contributed by atoms with E-state index in [9.17, 15) is 9.59 Å². The van der Waals surface area contributed by atoms with Crippen LogP contribution in [0.2, 0.25) is 0 Å². The van der Waals surface area contributed by atoms with Gasteiger partial charge in [0.05, 0.1) is 19.1 Å². The van der Waals surface area contributed by atoms with Crippen LogP contribution in [0.1, 0.15) is 60.3 Å². The monoisotopic (exact) mass is 342 g/mol. The number of ketones is 1. The van der Waals surface area contributed by atoms with Crippen LogP contribution in [-0.2, 0) is 23.8 Å². The van der Waals surface area contributed by atoms with E-state index in [0.29, 0.717) is 12.8 Å². The SMILES string of the molecule is CCC(=O)[C@@H](C)CC[C@]1(OC)O[C@H]([C@@H](C)C(=O)OC)[C@@H](C)C[C@H]1C. The number of Topliss-reactive ketones (excluding diaryl/α,β-unsaturated/α-hetero) is 1. The number of hydrogen-bond acceptors (Lipinski definition) is 5. The van der Waals surface area contributed by atoms with Gasteiger partial charge in [0, 0.05) is 31.8 Å². The van der Waals surface area contributed by atoms with Gasteiger partial charge in [-0.1, -0.05) is 27.7 Å². The molecule has 5 nitrogen and oxygen atoms in total. The van der Waals surface area contributed by atoms with Crippen LogP contribution in [0.25, 0.3) is 0 Å². The van der Waals surface area contributed by atoms with Gasteiger partial charge in [0.1, 0.15) is 5.78 Å². The number of methoxy groups -OCH3 is 2. The standard InChI is InChI=1S/C19H34O5/c1-8-16(20)12(2)9-10-19(23-7)14(4)11-13(3)17(24-19)15(5)18(21)22-6/h12-15,17H,8-11H2,1-7H3/t12-,13-,14+,15+,17-,19-/m0/s1. The lowest BCUT2D eigenvalue weighted by atomic mass is 9.77. The maximum Gasteiger partial charge on any atom is 0.311 e. The third-order valence-corrected chi connectivity index (χ3v) is 5.61. The minimum Gasteiger partial charge on any atom is -0.469 e. The Morgan fingerprint density at radius 2 is 1.88 bits per heavy atom. The van der Waals surface area contributed by atoms with Crippen LogP contribution < -0.4 is 0 Å². The molecule has 0 radical (unpaired) electrons. The number of rotatable bonds is 8. The molecule has 1 saturated heterocycles. The fraction of sp³-hybridized carbons (Fsp3) is 0.895. The highest BCUT2D eigenvalue weighted by Crippen LogP contribution is 2.43. The molecule has 0 aromatic rings. The van der Waals surface area contributed by atoms with Gasteiger partial charge in [-0.05, 0) is 25.7 Å². The van der Waals surface area contributed by atoms with Crippen LogP contribution in [0, 0.1) is 23.7 Å². The topological polar surface area (TPSA) is 61.8 Å². The van der Waals surface area contributed by atoms with E-state index in [1.165, 1.54) is 7.11 Å². The van der Waals surface area contributed by atoms with Crippen molar-refractivity contribution < 1.29 is 23.8 Å². The summed E-state index contributed by atoms with van der Waals surface area (Å²) in [4.78, 5) is 23.8. The Morgan fingerprint density at radius 1 is 1.25 bits per heavy atom. The van der Waals surface area contributed by atoms with Crippen molar-refractivity contribution in [1.82, 2.24) is 0 Å². The van der Waals surface area contributed by atoms with Crippen molar-refractivity contribution in [3.63, 3.8) is 0 Å². The van der Waals surface area contributed by atoms with Gasteiger partial charge in [-0.3, -0.25) is 9.59 Å². The van der Waals surface area contributed by atoms with E-state index in [2.05, 4.69) is 13.8 Å². The van der Waals surface area contributed by atoms with Crippen LogP contribution in [-0.4, -0.2) is 37.9 Å². The summed E-state index contributed by atoms with van der Waals surface area (Å²) in [6.45, 7) is 9.90. The second-order valence-electron chi connectivity index (χ2n) is 7.28. The Bertz CT molecular complexity index is 435. The van der Waals surface area contributed by atoms with Gasteiger partial charge < -0.3 is 14.2 Å². The number of carbonyl (C=O) groups excluding carboxylic acids is 2. The van der Waals surface area contributed by atoms with Gasteiger partial charge >= 0.3 is 5.97 Å². The molecule has 0 bridgehead atoms. The molecule has 1 aliphatic rings. The Balaban J connectivity index is 2.90. The zero-order valence-corrected chi connectivity index (χ0v) is 16.3. The molecule has 1 fully saturated rings. The molecule has 6 atom stereocenters. The average Bonchev–Trinajstić information content (AvgIpc) is 2.59. The van der Waals surface area contributed by atoms with Gasteiger partial charge in [-0.2, -0.15) is 0 Å². The highest BCUT2D eigenvalue weighted by Gasteiger charge is 2.48. The zero-order chi connectivity index (χ0) is 18.5. The van der Waals surface area contributed by atoms with Crippen LogP contribution in [0.5, 0.6) is 0 Å². The van der Waals surface area contributed by atoms with Crippen molar-refractivity contribution in [3.8, 4) is 0 Å². The summed E-state index contributed by atoms with van der Waals surface area (Å²) < 4.78 is 17.1. The van der Waals surface area contributed by atoms with Gasteiger partial charge in [0.15, 0.2) is 5.79 Å². The minimum atomic E-state index is -0.748. The summed E-state index contributed by atoms with van der Waals surface area (Å²) in [7, 11) is 3.05. The molecule has 0 saturated carbocycles. The molecule has 0 aromatic heterocycles. The first kappa shape index (κ1) is 21.1. The Labute approximate surface area is 146 Å². The maximum atomic E-state index is 11.9. The molecular formula is C19H34O5. The molecule has 1 aliphatic heterocycles. The van der Waals surface area contributed by atoms with E-state index in [0.717, 1.165) is 12.8 Å². The first-order valence-electron chi connectivity index (χ1n) is 9.05. The van der Waals surface area contributed by atoms with Crippen molar-refractivity contribution in [3.05, 3.63) is 0 Å². The van der Waals surface area contributed by atoms with Crippen molar-refractivity contribution in [2.45, 2.75) is 72.2 Å². The molecule has 0 unspecified atom stereocenters. The lowest BCUT2D eigenvalue weighted by molar-refractivity contribution is -0.315. The van der Waals surface area contributed by atoms with E-state index in [-0.39, 0.29) is 41.5 Å². The predicted octanol–water partition coefficient (Wildman–Crippen LogP) is 3.59. The van der Waals surface area contributed by atoms with E-state index in [1.807, 2.05) is 20.8 Å². The zero-order valence-electron chi connectivity index (χ0n) is 16.3. The predicted molar refractivity (Wildman–Crippen MR) is 92.4 cm³/mol. The summed E-state index contributed by atoms with van der Waals surface area (Å²) in [5.74, 6) is -0.662. The summed E-state index contributed by atoms with van der Waals surface area (Å²) in [5, 5.41) is 0. The van der Waals surface area contributed by atoms with E-state index < -0.39 is 5.79 Å². The van der Waals surface area contributed by atoms with Crippen molar-refractivity contribution in [1.29, 1.82) is 0 Å². The van der Waals surface area contributed by atoms with Crippen molar-refractivity contribution in [2.75, 3.05) is 14.2 Å². The summed E-state index contributed by atoms with van der Waals surface area (Å²) >= 11 is 0. The molecule has 1 heterocycles. The first-order chi connectivity index (χ1) is 11.2. The van der Waals surface area contributed by atoms with Gasteiger partial charge in [-0.15, -0.1) is 0 Å². The van der Waals surface area contributed by atoms with Crippen LogP contribution >= 0.6 is 0 Å². The molecule has 24 heavy (non-hydrogen) atoms. The number of ether oxygens (including phenoxy) is 3. The lowest BCUT2D eigenvalue weighted by Crippen LogP contribution is -2.54. The first-order valence-corrected chi connectivity index (χ1v) is 9.05. The highest BCUT2D eigenvalue weighted by molar-refractivity contribution is 5.80. The maximum absolute atomic E-state index is 11.9. The van der Waals surface area contributed by atoms with E-state index in [4.69, 9.17) is 14.2 Å². The van der Waals surface area contributed by atoms with E-state index >= 15 is 0 Å².